The van der Waals surface area contributed by atoms with E-state index in [0.717, 1.165) is 5.56 Å². The summed E-state index contributed by atoms with van der Waals surface area (Å²) in [5.74, 6) is 0.353. The van der Waals surface area contributed by atoms with Crippen molar-refractivity contribution in [1.82, 2.24) is 4.98 Å². The molecule has 3 nitrogen and oxygen atoms in total. The number of rotatable bonds is 4. The zero-order chi connectivity index (χ0) is 15.4. The summed E-state index contributed by atoms with van der Waals surface area (Å²) >= 11 is 13.2. The average Bonchev–Trinajstić information content (AvgIpc) is 2.45. The normalized spacial score (nSPS) is 12.0. The van der Waals surface area contributed by atoms with Crippen LogP contribution in [0.2, 0.25) is 10.0 Å². The number of aliphatic hydroxyl groups excluding tert-OH is 1. The molecule has 0 unspecified atom stereocenters. The lowest BCUT2D eigenvalue weighted by atomic mass is 10.1. The molecule has 1 aromatic carbocycles. The molecule has 0 aliphatic rings. The molecule has 0 amide bonds. The molecule has 1 heterocycles. The molecular weight excluding hydrogens is 327 g/mol. The van der Waals surface area contributed by atoms with E-state index in [1.165, 1.54) is 11.8 Å². The van der Waals surface area contributed by atoms with Crippen LogP contribution in [0.3, 0.4) is 0 Å². The van der Waals surface area contributed by atoms with Crippen molar-refractivity contribution in [3.63, 3.8) is 0 Å². The molecule has 2 rings (SSSR count). The van der Waals surface area contributed by atoms with Gasteiger partial charge in [0.2, 0.25) is 0 Å². The third kappa shape index (κ3) is 4.12. The molecule has 108 valence electrons. The van der Waals surface area contributed by atoms with Gasteiger partial charge in [-0.25, -0.2) is 4.98 Å². The van der Waals surface area contributed by atoms with E-state index in [1.807, 2.05) is 6.92 Å². The molecule has 6 heteroatoms. The molecule has 0 spiro atoms. The molecule has 2 aromatic rings. The van der Waals surface area contributed by atoms with E-state index < -0.39 is 6.10 Å². The maximum Gasteiger partial charge on any atom is 0.114 e. The molecule has 0 fully saturated rings. The van der Waals surface area contributed by atoms with Crippen LogP contribution < -0.4 is 0 Å². The van der Waals surface area contributed by atoms with Crippen LogP contribution in [0.1, 0.15) is 22.8 Å². The monoisotopic (exact) mass is 338 g/mol. The van der Waals surface area contributed by atoms with Crippen molar-refractivity contribution < 1.29 is 5.11 Å². The highest BCUT2D eigenvalue weighted by atomic mass is 35.5. The maximum atomic E-state index is 10.2. The summed E-state index contributed by atoms with van der Waals surface area (Å²) in [7, 11) is 0. The van der Waals surface area contributed by atoms with Crippen molar-refractivity contribution in [2.24, 2.45) is 0 Å². The first-order valence-electron chi connectivity index (χ1n) is 6.14. The molecular formula is C15H12Cl2N2OS. The SMILES string of the molecule is Cc1cnc(SC[C@H](O)c2ccc(Cl)cc2Cl)c(C#N)c1. The lowest BCUT2D eigenvalue weighted by Gasteiger charge is -2.13. The van der Waals surface area contributed by atoms with E-state index >= 15 is 0 Å². The first-order valence-corrected chi connectivity index (χ1v) is 7.88. The number of nitrogens with zero attached hydrogens (tertiary/aromatic N) is 2. The molecule has 1 N–H and O–H groups in total. The van der Waals surface area contributed by atoms with E-state index in [1.54, 1.807) is 30.5 Å². The van der Waals surface area contributed by atoms with Crippen LogP contribution in [-0.2, 0) is 0 Å². The van der Waals surface area contributed by atoms with Gasteiger partial charge >= 0.3 is 0 Å². The second kappa shape index (κ2) is 7.15. The van der Waals surface area contributed by atoms with E-state index in [4.69, 9.17) is 28.5 Å². The Morgan fingerprint density at radius 3 is 2.81 bits per heavy atom. The minimum atomic E-state index is -0.755. The van der Waals surface area contributed by atoms with Gasteiger partial charge in [-0.15, -0.1) is 11.8 Å². The third-order valence-electron chi connectivity index (χ3n) is 2.81. The Kier molecular flexibility index (Phi) is 5.49. The highest BCUT2D eigenvalue weighted by molar-refractivity contribution is 7.99. The first kappa shape index (κ1) is 16.1. The van der Waals surface area contributed by atoms with Gasteiger partial charge in [0.25, 0.3) is 0 Å². The standard InChI is InChI=1S/C15H12Cl2N2OS/c1-9-4-10(6-18)15(19-7-9)21-8-14(20)12-3-2-11(16)5-13(12)17/h2-5,7,14,20H,8H2,1H3/t14-/m0/s1. The molecule has 0 radical (unpaired) electrons. The number of aromatic nitrogens is 1. The number of pyridine rings is 1. The van der Waals surface area contributed by atoms with Crippen LogP contribution in [0.4, 0.5) is 0 Å². The molecule has 1 atom stereocenters. The number of hydrogen-bond acceptors (Lipinski definition) is 4. The molecule has 21 heavy (non-hydrogen) atoms. The number of hydrogen-bond donors (Lipinski definition) is 1. The molecule has 0 saturated carbocycles. The summed E-state index contributed by atoms with van der Waals surface area (Å²) in [6, 6.07) is 8.86. The van der Waals surface area contributed by atoms with Crippen molar-refractivity contribution in [2.45, 2.75) is 18.1 Å². The fourth-order valence-corrected chi connectivity index (χ4v) is 3.19. The largest absolute Gasteiger partial charge is 0.387 e. The van der Waals surface area contributed by atoms with Gasteiger partial charge in [-0.05, 0) is 30.7 Å². The molecule has 1 aromatic heterocycles. The van der Waals surface area contributed by atoms with Gasteiger partial charge in [0.05, 0.1) is 11.7 Å². The van der Waals surface area contributed by atoms with Crippen LogP contribution in [0.25, 0.3) is 0 Å². The number of nitriles is 1. The number of halogens is 2. The fraction of sp³-hybridized carbons (Fsp3) is 0.200. The smallest absolute Gasteiger partial charge is 0.114 e. The fourth-order valence-electron chi connectivity index (χ4n) is 1.77. The number of aryl methyl sites for hydroxylation is 1. The Labute approximate surface area is 137 Å². The van der Waals surface area contributed by atoms with Crippen LogP contribution in [-0.4, -0.2) is 15.8 Å². The summed E-state index contributed by atoms with van der Waals surface area (Å²) in [5.41, 5.74) is 2.05. The highest BCUT2D eigenvalue weighted by Crippen LogP contribution is 2.31. The van der Waals surface area contributed by atoms with Crippen molar-refractivity contribution in [2.75, 3.05) is 5.75 Å². The Bertz CT molecular complexity index is 701. The van der Waals surface area contributed by atoms with Crippen LogP contribution >= 0.6 is 35.0 Å². The summed E-state index contributed by atoms with van der Waals surface area (Å²) in [5, 5.41) is 20.9. The number of thioether (sulfide) groups is 1. The lowest BCUT2D eigenvalue weighted by Crippen LogP contribution is -2.02. The van der Waals surface area contributed by atoms with E-state index in [-0.39, 0.29) is 0 Å². The Morgan fingerprint density at radius 1 is 1.38 bits per heavy atom. The summed E-state index contributed by atoms with van der Waals surface area (Å²) in [4.78, 5) is 4.23. The number of aliphatic hydroxyl groups is 1. The summed E-state index contributed by atoms with van der Waals surface area (Å²) in [6.07, 6.45) is 0.944. The van der Waals surface area contributed by atoms with E-state index in [9.17, 15) is 5.11 Å². The van der Waals surface area contributed by atoms with Crippen LogP contribution in [0.15, 0.2) is 35.5 Å². The lowest BCUT2D eigenvalue weighted by molar-refractivity contribution is 0.204. The first-order chi connectivity index (χ1) is 10.0. The van der Waals surface area contributed by atoms with Gasteiger partial charge < -0.3 is 5.11 Å². The quantitative estimate of drug-likeness (QED) is 0.839. The van der Waals surface area contributed by atoms with Gasteiger partial charge in [0.15, 0.2) is 0 Å². The molecule has 0 aliphatic carbocycles. The van der Waals surface area contributed by atoms with Crippen molar-refractivity contribution in [3.05, 3.63) is 57.2 Å². The Morgan fingerprint density at radius 2 is 2.14 bits per heavy atom. The van der Waals surface area contributed by atoms with E-state index in [0.29, 0.717) is 32.0 Å². The van der Waals surface area contributed by atoms with Crippen molar-refractivity contribution >= 4 is 35.0 Å². The van der Waals surface area contributed by atoms with Gasteiger partial charge in [0, 0.05) is 27.6 Å². The minimum Gasteiger partial charge on any atom is -0.387 e. The molecule has 0 bridgehead atoms. The van der Waals surface area contributed by atoms with E-state index in [2.05, 4.69) is 11.1 Å². The van der Waals surface area contributed by atoms with Crippen molar-refractivity contribution in [1.29, 1.82) is 5.26 Å². The zero-order valence-corrected chi connectivity index (χ0v) is 13.5. The van der Waals surface area contributed by atoms with Crippen molar-refractivity contribution in [3.8, 4) is 6.07 Å². The Hall–Kier alpha value is -1.25. The van der Waals surface area contributed by atoms with Crippen LogP contribution in [0, 0.1) is 18.3 Å². The van der Waals surface area contributed by atoms with Crippen LogP contribution in [0.5, 0.6) is 0 Å². The highest BCUT2D eigenvalue weighted by Gasteiger charge is 2.14. The molecule has 0 saturated heterocycles. The predicted molar refractivity (Wildman–Crippen MR) is 85.8 cm³/mol. The second-order valence-corrected chi connectivity index (χ2v) is 6.32. The second-order valence-electron chi connectivity index (χ2n) is 4.47. The Balaban J connectivity index is 2.11. The van der Waals surface area contributed by atoms with Gasteiger partial charge in [-0.2, -0.15) is 5.26 Å². The predicted octanol–water partition coefficient (Wildman–Crippen LogP) is 4.39. The minimum absolute atomic E-state index is 0.353. The van der Waals surface area contributed by atoms with Gasteiger partial charge in [-0.3, -0.25) is 0 Å². The third-order valence-corrected chi connectivity index (χ3v) is 4.45. The van der Waals surface area contributed by atoms with Gasteiger partial charge in [-0.1, -0.05) is 29.3 Å². The zero-order valence-electron chi connectivity index (χ0n) is 11.2. The average molecular weight is 339 g/mol. The topological polar surface area (TPSA) is 56.9 Å². The maximum absolute atomic E-state index is 10.2. The summed E-state index contributed by atoms with van der Waals surface area (Å²) in [6.45, 7) is 1.88. The molecule has 0 aliphatic heterocycles. The summed E-state index contributed by atoms with van der Waals surface area (Å²) < 4.78 is 0. The number of benzene rings is 1. The van der Waals surface area contributed by atoms with Gasteiger partial charge in [0.1, 0.15) is 11.1 Å².